The third-order valence-electron chi connectivity index (χ3n) is 2.91. The van der Waals surface area contributed by atoms with Crippen molar-refractivity contribution in [2.24, 2.45) is 0 Å². The molecule has 0 aliphatic carbocycles. The molecule has 90 valence electrons. The van der Waals surface area contributed by atoms with Crippen molar-refractivity contribution in [1.29, 1.82) is 0 Å². The van der Waals surface area contributed by atoms with Gasteiger partial charge in [0.2, 0.25) is 0 Å². The van der Waals surface area contributed by atoms with Crippen molar-refractivity contribution in [3.8, 4) is 0 Å². The molecule has 0 aliphatic rings. The number of rotatable bonds is 4. The molecule has 0 saturated heterocycles. The Balaban J connectivity index is 2.01. The third-order valence-corrected chi connectivity index (χ3v) is 4.65. The monoisotopic (exact) mass is 309 g/mol. The largest absolute Gasteiger partial charge is 0.305 e. The molecule has 0 fully saturated rings. The van der Waals surface area contributed by atoms with E-state index in [9.17, 15) is 0 Å². The van der Waals surface area contributed by atoms with Gasteiger partial charge >= 0.3 is 0 Å². The molecule has 1 aromatic carbocycles. The SMILES string of the molecule is Cc1ccsc1CNC(C)c1ccccc1Br. The minimum atomic E-state index is 0.354. The van der Waals surface area contributed by atoms with E-state index >= 15 is 0 Å². The van der Waals surface area contributed by atoms with Crippen molar-refractivity contribution in [1.82, 2.24) is 5.32 Å². The van der Waals surface area contributed by atoms with Crippen LogP contribution in [0.3, 0.4) is 0 Å². The molecule has 0 saturated carbocycles. The summed E-state index contributed by atoms with van der Waals surface area (Å²) in [6.07, 6.45) is 0. The van der Waals surface area contributed by atoms with E-state index in [0.29, 0.717) is 6.04 Å². The van der Waals surface area contributed by atoms with E-state index in [-0.39, 0.29) is 0 Å². The lowest BCUT2D eigenvalue weighted by atomic mass is 10.1. The third kappa shape index (κ3) is 3.18. The zero-order valence-corrected chi connectivity index (χ0v) is 12.4. The van der Waals surface area contributed by atoms with Gasteiger partial charge in [-0.25, -0.2) is 0 Å². The molecule has 17 heavy (non-hydrogen) atoms. The first kappa shape index (κ1) is 12.8. The summed E-state index contributed by atoms with van der Waals surface area (Å²) in [5, 5.41) is 5.71. The lowest BCUT2D eigenvalue weighted by molar-refractivity contribution is 0.576. The Labute approximate surface area is 115 Å². The summed E-state index contributed by atoms with van der Waals surface area (Å²) in [7, 11) is 0. The maximum absolute atomic E-state index is 3.59. The highest BCUT2D eigenvalue weighted by atomic mass is 79.9. The van der Waals surface area contributed by atoms with E-state index in [2.05, 4.69) is 64.7 Å². The van der Waals surface area contributed by atoms with Gasteiger partial charge in [-0.3, -0.25) is 0 Å². The Morgan fingerprint density at radius 3 is 2.71 bits per heavy atom. The van der Waals surface area contributed by atoms with Crippen LogP contribution in [-0.4, -0.2) is 0 Å². The molecule has 3 heteroatoms. The van der Waals surface area contributed by atoms with Crippen molar-refractivity contribution in [2.75, 3.05) is 0 Å². The molecule has 1 nitrogen and oxygen atoms in total. The molecule has 0 bridgehead atoms. The molecule has 0 spiro atoms. The summed E-state index contributed by atoms with van der Waals surface area (Å²) in [5.41, 5.74) is 2.68. The number of thiophene rings is 1. The molecule has 1 atom stereocenters. The smallest absolute Gasteiger partial charge is 0.0308 e. The van der Waals surface area contributed by atoms with Gasteiger partial charge in [0.05, 0.1) is 0 Å². The van der Waals surface area contributed by atoms with Gasteiger partial charge in [-0.1, -0.05) is 34.1 Å². The second-order valence-electron chi connectivity index (χ2n) is 4.15. The predicted octanol–water partition coefficient (Wildman–Crippen LogP) is 4.67. The summed E-state index contributed by atoms with van der Waals surface area (Å²) >= 11 is 5.41. The summed E-state index contributed by atoms with van der Waals surface area (Å²) < 4.78 is 1.17. The van der Waals surface area contributed by atoms with Gasteiger partial charge in [-0.15, -0.1) is 11.3 Å². The molecule has 1 N–H and O–H groups in total. The second-order valence-corrected chi connectivity index (χ2v) is 6.01. The maximum Gasteiger partial charge on any atom is 0.0308 e. The molecule has 1 unspecified atom stereocenters. The Morgan fingerprint density at radius 2 is 2.06 bits per heavy atom. The molecule has 0 radical (unpaired) electrons. The van der Waals surface area contributed by atoms with Gasteiger partial charge in [0, 0.05) is 21.9 Å². The van der Waals surface area contributed by atoms with Crippen LogP contribution < -0.4 is 5.32 Å². The van der Waals surface area contributed by atoms with Crippen molar-refractivity contribution < 1.29 is 0 Å². The zero-order chi connectivity index (χ0) is 12.3. The van der Waals surface area contributed by atoms with Gasteiger partial charge in [-0.2, -0.15) is 0 Å². The van der Waals surface area contributed by atoms with Crippen molar-refractivity contribution in [3.63, 3.8) is 0 Å². The van der Waals surface area contributed by atoms with E-state index < -0.39 is 0 Å². The predicted molar refractivity (Wildman–Crippen MR) is 78.5 cm³/mol. The van der Waals surface area contributed by atoms with Crippen LogP contribution >= 0.6 is 27.3 Å². The first-order chi connectivity index (χ1) is 8.18. The van der Waals surface area contributed by atoms with Crippen molar-refractivity contribution >= 4 is 27.3 Å². The lowest BCUT2D eigenvalue weighted by Gasteiger charge is -2.15. The first-order valence-corrected chi connectivity index (χ1v) is 7.36. The average molecular weight is 310 g/mol. The molecule has 2 rings (SSSR count). The second kappa shape index (κ2) is 5.80. The normalized spacial score (nSPS) is 12.6. The Hall–Kier alpha value is -0.640. The van der Waals surface area contributed by atoms with Crippen molar-refractivity contribution in [2.45, 2.75) is 26.4 Å². The molecule has 0 amide bonds. The number of aryl methyl sites for hydroxylation is 1. The molecule has 0 aliphatic heterocycles. The number of nitrogens with one attached hydrogen (secondary N) is 1. The Bertz CT molecular complexity index is 492. The average Bonchev–Trinajstić information content (AvgIpc) is 2.72. The van der Waals surface area contributed by atoms with Gasteiger partial charge < -0.3 is 5.32 Å². The number of hydrogen-bond donors (Lipinski definition) is 1. The van der Waals surface area contributed by atoms with Gasteiger partial charge in [0.25, 0.3) is 0 Å². The quantitative estimate of drug-likeness (QED) is 0.865. The minimum absolute atomic E-state index is 0.354. The fourth-order valence-electron chi connectivity index (χ4n) is 1.77. The number of benzene rings is 1. The van der Waals surface area contributed by atoms with E-state index in [0.717, 1.165) is 6.54 Å². The highest BCUT2D eigenvalue weighted by molar-refractivity contribution is 9.10. The summed E-state index contributed by atoms with van der Waals surface area (Å²) in [5.74, 6) is 0. The van der Waals surface area contributed by atoms with E-state index in [1.807, 2.05) is 17.4 Å². The fraction of sp³-hybridized carbons (Fsp3) is 0.286. The minimum Gasteiger partial charge on any atom is -0.305 e. The van der Waals surface area contributed by atoms with Crippen LogP contribution in [0.1, 0.15) is 29.0 Å². The van der Waals surface area contributed by atoms with Gasteiger partial charge in [0.1, 0.15) is 0 Å². The Morgan fingerprint density at radius 1 is 1.29 bits per heavy atom. The zero-order valence-electron chi connectivity index (χ0n) is 10.0. The van der Waals surface area contributed by atoms with E-state index in [1.54, 1.807) is 0 Å². The number of hydrogen-bond acceptors (Lipinski definition) is 2. The van der Waals surface area contributed by atoms with Crippen LogP contribution in [-0.2, 0) is 6.54 Å². The van der Waals surface area contributed by atoms with Gasteiger partial charge in [-0.05, 0) is 42.5 Å². The standard InChI is InChI=1S/C14H16BrNS/c1-10-7-8-17-14(10)9-16-11(2)12-5-3-4-6-13(12)15/h3-8,11,16H,9H2,1-2H3. The lowest BCUT2D eigenvalue weighted by Crippen LogP contribution is -2.18. The summed E-state index contributed by atoms with van der Waals surface area (Å²) in [4.78, 5) is 1.42. The number of halogens is 1. The topological polar surface area (TPSA) is 12.0 Å². The Kier molecular flexibility index (Phi) is 4.37. The van der Waals surface area contributed by atoms with Gasteiger partial charge in [0.15, 0.2) is 0 Å². The van der Waals surface area contributed by atoms with Crippen LogP contribution in [0.4, 0.5) is 0 Å². The van der Waals surface area contributed by atoms with E-state index in [4.69, 9.17) is 0 Å². The first-order valence-electron chi connectivity index (χ1n) is 5.69. The van der Waals surface area contributed by atoms with Crippen LogP contribution in [0.2, 0.25) is 0 Å². The van der Waals surface area contributed by atoms with E-state index in [1.165, 1.54) is 20.5 Å². The molecule has 1 heterocycles. The summed E-state index contributed by atoms with van der Waals surface area (Å²) in [6, 6.07) is 10.9. The van der Waals surface area contributed by atoms with Crippen LogP contribution in [0.25, 0.3) is 0 Å². The fourth-order valence-corrected chi connectivity index (χ4v) is 3.25. The van der Waals surface area contributed by atoms with Crippen LogP contribution in [0, 0.1) is 6.92 Å². The molecule has 1 aromatic heterocycles. The van der Waals surface area contributed by atoms with Crippen LogP contribution in [0.15, 0.2) is 40.2 Å². The van der Waals surface area contributed by atoms with Crippen molar-refractivity contribution in [3.05, 3.63) is 56.2 Å². The molecular weight excluding hydrogens is 294 g/mol. The molecule has 2 aromatic rings. The van der Waals surface area contributed by atoms with Crippen LogP contribution in [0.5, 0.6) is 0 Å². The maximum atomic E-state index is 3.59. The highest BCUT2D eigenvalue weighted by Crippen LogP contribution is 2.24. The highest BCUT2D eigenvalue weighted by Gasteiger charge is 2.08. The molecular formula is C14H16BrNS. The summed E-state index contributed by atoms with van der Waals surface area (Å²) in [6.45, 7) is 5.30.